The van der Waals surface area contributed by atoms with E-state index in [2.05, 4.69) is 12.6 Å². The van der Waals surface area contributed by atoms with Crippen molar-refractivity contribution in [2.45, 2.75) is 18.6 Å². The summed E-state index contributed by atoms with van der Waals surface area (Å²) in [6.45, 7) is 1.82. The molecule has 3 heteroatoms. The Hall–Kier alpha value is 0.310. The van der Waals surface area contributed by atoms with Crippen LogP contribution in [0.5, 0.6) is 0 Å². The average Bonchev–Trinajstić information content (AvgIpc) is 1.27. The second-order valence-electron chi connectivity index (χ2n) is 1.41. The van der Waals surface area contributed by atoms with Crippen molar-refractivity contribution in [2.24, 2.45) is 0 Å². The molecule has 0 N–H and O–H groups in total. The Labute approximate surface area is 53.5 Å². The van der Waals surface area contributed by atoms with Crippen molar-refractivity contribution in [3.63, 3.8) is 0 Å². The number of carbonyl (C=O) groups is 1. The maximum atomic E-state index is 9.97. The van der Waals surface area contributed by atoms with Gasteiger partial charge in [-0.3, -0.25) is 4.79 Å². The topological polar surface area (TPSA) is 17.1 Å². The Morgan fingerprint density at radius 3 is 2.43 bits per heavy atom. The molecule has 0 bridgehead atoms. The van der Waals surface area contributed by atoms with Gasteiger partial charge in [0.05, 0.1) is 0 Å². The summed E-state index contributed by atoms with van der Waals surface area (Å²) in [4.78, 5) is 9.97. The van der Waals surface area contributed by atoms with Gasteiger partial charge in [-0.15, -0.1) is 0 Å². The molecule has 0 fully saturated rings. The molecule has 0 aromatic heterocycles. The maximum Gasteiger partial charge on any atom is 0.222 e. The molecule has 0 heterocycles. The lowest BCUT2D eigenvalue weighted by Gasteiger charge is -1.93. The first kappa shape index (κ1) is 7.31. The molecule has 1 unspecified atom stereocenters. The van der Waals surface area contributed by atoms with Crippen LogP contribution in [0.25, 0.3) is 0 Å². The van der Waals surface area contributed by atoms with Crippen molar-refractivity contribution in [2.75, 3.05) is 0 Å². The molecular formula is C4H7ClOS. The Morgan fingerprint density at radius 1 is 2.00 bits per heavy atom. The Balaban J connectivity index is 3.13. The second kappa shape index (κ2) is 3.33. The summed E-state index contributed by atoms with van der Waals surface area (Å²) in [7, 11) is 0. The van der Waals surface area contributed by atoms with Crippen LogP contribution in [0.2, 0.25) is 0 Å². The predicted molar refractivity (Wildman–Crippen MR) is 33.9 cm³/mol. The van der Waals surface area contributed by atoms with E-state index >= 15 is 0 Å². The standard InChI is InChI=1S/C4H7ClOS/c1-3(7)2-4(5)6/h3,7H,2H2,1H3. The Kier molecular flexibility index (Phi) is 3.48. The molecule has 1 nitrogen and oxygen atoms in total. The van der Waals surface area contributed by atoms with Crippen LogP contribution in [0.4, 0.5) is 0 Å². The molecular weight excluding hydrogens is 132 g/mol. The van der Waals surface area contributed by atoms with E-state index in [0.29, 0.717) is 6.42 Å². The number of carbonyl (C=O) groups excluding carboxylic acids is 1. The minimum atomic E-state index is -0.317. The van der Waals surface area contributed by atoms with Crippen molar-refractivity contribution < 1.29 is 4.79 Å². The fraction of sp³-hybridized carbons (Fsp3) is 0.750. The normalized spacial score (nSPS) is 13.6. The largest absolute Gasteiger partial charge is 0.281 e. The quantitative estimate of drug-likeness (QED) is 0.452. The van der Waals surface area contributed by atoms with Crippen LogP contribution in [-0.4, -0.2) is 10.5 Å². The highest BCUT2D eigenvalue weighted by atomic mass is 35.5. The minimum absolute atomic E-state index is 0.0880. The van der Waals surface area contributed by atoms with Crippen LogP contribution in [0.1, 0.15) is 13.3 Å². The zero-order chi connectivity index (χ0) is 5.86. The van der Waals surface area contributed by atoms with Crippen LogP contribution >= 0.6 is 24.2 Å². The second-order valence-corrected chi connectivity index (χ2v) is 2.71. The molecule has 0 aromatic carbocycles. The third-order valence-corrected chi connectivity index (χ3v) is 0.793. The van der Waals surface area contributed by atoms with Gasteiger partial charge < -0.3 is 0 Å². The number of rotatable bonds is 2. The van der Waals surface area contributed by atoms with Crippen LogP contribution in [0, 0.1) is 0 Å². The van der Waals surface area contributed by atoms with Crippen molar-refractivity contribution in [1.82, 2.24) is 0 Å². The van der Waals surface area contributed by atoms with E-state index in [0.717, 1.165) is 0 Å². The summed E-state index contributed by atoms with van der Waals surface area (Å²) >= 11 is 8.92. The van der Waals surface area contributed by atoms with Crippen LogP contribution in [-0.2, 0) is 4.79 Å². The first-order valence-electron chi connectivity index (χ1n) is 1.99. The first-order valence-corrected chi connectivity index (χ1v) is 2.88. The molecule has 0 rings (SSSR count). The molecule has 42 valence electrons. The van der Waals surface area contributed by atoms with Gasteiger partial charge in [-0.25, -0.2) is 0 Å². The predicted octanol–water partition coefficient (Wildman–Crippen LogP) is 1.46. The average molecular weight is 139 g/mol. The monoisotopic (exact) mass is 138 g/mol. The fourth-order valence-corrected chi connectivity index (χ4v) is 0.737. The van der Waals surface area contributed by atoms with Gasteiger partial charge in [0.2, 0.25) is 5.24 Å². The van der Waals surface area contributed by atoms with Crippen molar-refractivity contribution >= 4 is 29.5 Å². The van der Waals surface area contributed by atoms with Gasteiger partial charge in [0.1, 0.15) is 0 Å². The molecule has 0 spiro atoms. The minimum Gasteiger partial charge on any atom is -0.281 e. The molecule has 7 heavy (non-hydrogen) atoms. The van der Waals surface area contributed by atoms with E-state index in [4.69, 9.17) is 11.6 Å². The number of hydrogen-bond donors (Lipinski definition) is 1. The van der Waals surface area contributed by atoms with Crippen LogP contribution in [0.3, 0.4) is 0 Å². The van der Waals surface area contributed by atoms with E-state index in [1.165, 1.54) is 0 Å². The lowest BCUT2D eigenvalue weighted by atomic mass is 10.4. The molecule has 1 atom stereocenters. The zero-order valence-corrected chi connectivity index (χ0v) is 5.67. The maximum absolute atomic E-state index is 9.97. The SMILES string of the molecule is CC(S)CC(=O)Cl. The van der Waals surface area contributed by atoms with Gasteiger partial charge in [-0.1, -0.05) is 6.92 Å². The highest BCUT2D eigenvalue weighted by molar-refractivity contribution is 7.80. The van der Waals surface area contributed by atoms with Crippen molar-refractivity contribution in [3.8, 4) is 0 Å². The molecule has 0 aliphatic carbocycles. The number of hydrogen-bond acceptors (Lipinski definition) is 2. The van der Waals surface area contributed by atoms with Crippen molar-refractivity contribution in [3.05, 3.63) is 0 Å². The third kappa shape index (κ3) is 6.31. The van der Waals surface area contributed by atoms with E-state index in [1.54, 1.807) is 0 Å². The van der Waals surface area contributed by atoms with Crippen LogP contribution in [0.15, 0.2) is 0 Å². The van der Waals surface area contributed by atoms with E-state index in [1.807, 2.05) is 6.92 Å². The molecule has 0 saturated heterocycles. The van der Waals surface area contributed by atoms with Gasteiger partial charge in [-0.05, 0) is 11.6 Å². The molecule has 0 saturated carbocycles. The lowest BCUT2D eigenvalue weighted by Crippen LogP contribution is -1.96. The highest BCUT2D eigenvalue weighted by Gasteiger charge is 1.98. The van der Waals surface area contributed by atoms with Gasteiger partial charge in [-0.2, -0.15) is 12.6 Å². The Morgan fingerprint density at radius 2 is 2.43 bits per heavy atom. The number of halogens is 1. The summed E-state index contributed by atoms with van der Waals surface area (Å²) in [5, 5.41) is -0.229. The highest BCUT2D eigenvalue weighted by Crippen LogP contribution is 2.00. The Bertz CT molecular complexity index is 72.1. The van der Waals surface area contributed by atoms with Crippen LogP contribution < -0.4 is 0 Å². The summed E-state index contributed by atoms with van der Waals surface area (Å²) < 4.78 is 0. The van der Waals surface area contributed by atoms with Crippen molar-refractivity contribution in [1.29, 1.82) is 0 Å². The molecule has 0 radical (unpaired) electrons. The van der Waals surface area contributed by atoms with E-state index < -0.39 is 0 Å². The summed E-state index contributed by atoms with van der Waals surface area (Å²) in [6, 6.07) is 0. The van der Waals surface area contributed by atoms with E-state index in [9.17, 15) is 4.79 Å². The third-order valence-electron chi connectivity index (χ3n) is 0.456. The molecule has 0 amide bonds. The van der Waals surface area contributed by atoms with Gasteiger partial charge in [0.25, 0.3) is 0 Å². The zero-order valence-electron chi connectivity index (χ0n) is 4.02. The fourth-order valence-electron chi connectivity index (χ4n) is 0.232. The summed E-state index contributed by atoms with van der Waals surface area (Å²) in [5.41, 5.74) is 0. The molecule has 0 aliphatic heterocycles. The number of thiol groups is 1. The van der Waals surface area contributed by atoms with E-state index in [-0.39, 0.29) is 10.5 Å². The first-order chi connectivity index (χ1) is 3.13. The molecule has 0 aliphatic rings. The van der Waals surface area contributed by atoms with Gasteiger partial charge in [0.15, 0.2) is 0 Å². The summed E-state index contributed by atoms with van der Waals surface area (Å²) in [6.07, 6.45) is 0.352. The summed E-state index contributed by atoms with van der Waals surface area (Å²) in [5.74, 6) is 0. The van der Waals surface area contributed by atoms with Gasteiger partial charge >= 0.3 is 0 Å². The van der Waals surface area contributed by atoms with Gasteiger partial charge in [0, 0.05) is 11.7 Å². The lowest BCUT2D eigenvalue weighted by molar-refractivity contribution is -0.111. The smallest absolute Gasteiger partial charge is 0.222 e. The molecule has 0 aromatic rings.